The molecule has 31 heavy (non-hydrogen) atoms. The molecule has 3 N–H and O–H groups in total. The van der Waals surface area contributed by atoms with E-state index in [4.69, 9.17) is 11.6 Å². The van der Waals surface area contributed by atoms with Crippen molar-refractivity contribution in [3.63, 3.8) is 0 Å². The number of carbonyl (C=O) groups is 2. The van der Waals surface area contributed by atoms with Crippen molar-refractivity contribution >= 4 is 39.4 Å². The predicted molar refractivity (Wildman–Crippen MR) is 116 cm³/mol. The highest BCUT2D eigenvalue weighted by Gasteiger charge is 2.26. The van der Waals surface area contributed by atoms with Gasteiger partial charge in [0.2, 0.25) is 0 Å². The minimum atomic E-state index is -3.94. The molecule has 0 aliphatic carbocycles. The van der Waals surface area contributed by atoms with E-state index in [1.54, 1.807) is 18.2 Å². The van der Waals surface area contributed by atoms with Crippen LogP contribution in [0.5, 0.6) is 0 Å². The number of benzene rings is 1. The molecule has 1 aliphatic rings. The highest BCUT2D eigenvalue weighted by molar-refractivity contribution is 7.90. The van der Waals surface area contributed by atoms with Crippen LogP contribution in [0.4, 0.5) is 10.6 Å². The molecule has 166 valence electrons. The van der Waals surface area contributed by atoms with E-state index in [-0.39, 0.29) is 21.5 Å². The molecule has 0 radical (unpaired) electrons. The van der Waals surface area contributed by atoms with Gasteiger partial charge >= 0.3 is 12.0 Å². The molecule has 1 fully saturated rings. The van der Waals surface area contributed by atoms with Crippen LogP contribution in [0.15, 0.2) is 41.3 Å². The van der Waals surface area contributed by atoms with Crippen molar-refractivity contribution in [1.82, 2.24) is 15.0 Å². The summed E-state index contributed by atoms with van der Waals surface area (Å²) in [6, 6.07) is 8.07. The number of carboxylic acids is 1. The van der Waals surface area contributed by atoms with Crippen LogP contribution in [0.2, 0.25) is 5.02 Å². The summed E-state index contributed by atoms with van der Waals surface area (Å²) in [7, 11) is -3.94. The van der Waals surface area contributed by atoms with Crippen LogP contribution < -0.4 is 14.9 Å². The second-order valence-corrected chi connectivity index (χ2v) is 9.19. The van der Waals surface area contributed by atoms with Gasteiger partial charge in [0.25, 0.3) is 10.0 Å². The van der Waals surface area contributed by atoms with Crippen molar-refractivity contribution in [2.24, 2.45) is 0 Å². The lowest BCUT2D eigenvalue weighted by molar-refractivity contribution is 0.0695. The second kappa shape index (κ2) is 9.52. The first-order chi connectivity index (χ1) is 14.7. The molecule has 1 aromatic heterocycles. The van der Waals surface area contributed by atoms with Gasteiger partial charge in [-0.25, -0.2) is 27.7 Å². The van der Waals surface area contributed by atoms with Crippen LogP contribution in [0, 0.1) is 0 Å². The van der Waals surface area contributed by atoms with Crippen molar-refractivity contribution in [3.05, 3.63) is 52.7 Å². The second-order valence-electron chi connectivity index (χ2n) is 7.10. The normalized spacial score (nSPS) is 14.8. The van der Waals surface area contributed by atoms with Gasteiger partial charge in [-0.2, -0.15) is 0 Å². The molecule has 1 aliphatic heterocycles. The SMILES string of the molecule is CCc1nc(N2CCC(NC(=O)NS(=O)(=O)c3ccccc3)CC2)c(Cl)cc1C(=O)O. The van der Waals surface area contributed by atoms with E-state index in [0.29, 0.717) is 43.9 Å². The van der Waals surface area contributed by atoms with E-state index < -0.39 is 22.0 Å². The van der Waals surface area contributed by atoms with Crippen molar-refractivity contribution in [3.8, 4) is 0 Å². The number of carboxylic acid groups (broad SMARTS) is 1. The Morgan fingerprint density at radius 1 is 1.23 bits per heavy atom. The van der Waals surface area contributed by atoms with E-state index in [2.05, 4.69) is 10.3 Å². The maximum atomic E-state index is 12.2. The van der Waals surface area contributed by atoms with E-state index in [9.17, 15) is 23.1 Å². The Morgan fingerprint density at radius 2 is 1.87 bits per heavy atom. The number of pyridine rings is 1. The Bertz CT molecular complexity index is 1070. The quantitative estimate of drug-likeness (QED) is 0.596. The average molecular weight is 467 g/mol. The first-order valence-electron chi connectivity index (χ1n) is 9.77. The Kier molecular flexibility index (Phi) is 7.01. The van der Waals surface area contributed by atoms with Crippen LogP contribution in [-0.2, 0) is 16.4 Å². The van der Waals surface area contributed by atoms with Gasteiger partial charge in [-0.1, -0.05) is 36.7 Å². The van der Waals surface area contributed by atoms with Crippen LogP contribution in [0.3, 0.4) is 0 Å². The number of aromatic carboxylic acids is 1. The van der Waals surface area contributed by atoms with Gasteiger partial charge in [0.1, 0.15) is 5.82 Å². The molecule has 1 aromatic carbocycles. The molecule has 2 heterocycles. The van der Waals surface area contributed by atoms with Gasteiger partial charge in [0, 0.05) is 19.1 Å². The number of carbonyl (C=O) groups excluding carboxylic acids is 1. The number of rotatable bonds is 6. The van der Waals surface area contributed by atoms with Crippen molar-refractivity contribution in [1.29, 1.82) is 0 Å². The molecule has 11 heteroatoms. The molecule has 1 saturated heterocycles. The Morgan fingerprint density at radius 3 is 2.45 bits per heavy atom. The number of anilines is 1. The van der Waals surface area contributed by atoms with Gasteiger partial charge in [-0.05, 0) is 37.5 Å². The number of sulfonamides is 1. The summed E-state index contributed by atoms with van der Waals surface area (Å²) in [5.74, 6) is -0.560. The van der Waals surface area contributed by atoms with Gasteiger partial charge in [0.15, 0.2) is 0 Å². The fraction of sp³-hybridized carbons (Fsp3) is 0.350. The molecule has 0 spiro atoms. The summed E-state index contributed by atoms with van der Waals surface area (Å²) in [5, 5.41) is 12.2. The molecule has 0 saturated carbocycles. The molecule has 3 rings (SSSR count). The third-order valence-electron chi connectivity index (χ3n) is 5.01. The minimum Gasteiger partial charge on any atom is -0.478 e. The Balaban J connectivity index is 1.60. The van der Waals surface area contributed by atoms with Gasteiger partial charge < -0.3 is 15.3 Å². The number of hydrogen-bond donors (Lipinski definition) is 3. The number of urea groups is 1. The number of halogens is 1. The molecule has 0 unspecified atom stereocenters. The largest absolute Gasteiger partial charge is 0.478 e. The fourth-order valence-corrected chi connectivity index (χ4v) is 4.63. The Labute approximate surface area is 185 Å². The summed E-state index contributed by atoms with van der Waals surface area (Å²) in [6.45, 7) is 2.88. The minimum absolute atomic E-state index is 0.0113. The third kappa shape index (κ3) is 5.45. The molecule has 9 nitrogen and oxygen atoms in total. The average Bonchev–Trinajstić information content (AvgIpc) is 2.74. The highest BCUT2D eigenvalue weighted by atomic mass is 35.5. The van der Waals surface area contributed by atoms with E-state index in [1.165, 1.54) is 18.2 Å². The summed E-state index contributed by atoms with van der Waals surface area (Å²) in [4.78, 5) is 29.9. The zero-order valence-electron chi connectivity index (χ0n) is 16.8. The smallest absolute Gasteiger partial charge is 0.337 e. The summed E-state index contributed by atoms with van der Waals surface area (Å²) < 4.78 is 26.5. The van der Waals surface area contributed by atoms with Gasteiger partial charge in [-0.15, -0.1) is 0 Å². The third-order valence-corrected chi connectivity index (χ3v) is 6.64. The topological polar surface area (TPSA) is 129 Å². The lowest BCUT2D eigenvalue weighted by atomic mass is 10.0. The van der Waals surface area contributed by atoms with Crippen LogP contribution >= 0.6 is 11.6 Å². The monoisotopic (exact) mass is 466 g/mol. The summed E-state index contributed by atoms with van der Waals surface area (Å²) in [6.07, 6.45) is 1.57. The lowest BCUT2D eigenvalue weighted by Crippen LogP contribution is -2.49. The van der Waals surface area contributed by atoms with E-state index in [0.717, 1.165) is 0 Å². The maximum Gasteiger partial charge on any atom is 0.337 e. The maximum absolute atomic E-state index is 12.2. The summed E-state index contributed by atoms with van der Waals surface area (Å²) >= 11 is 6.27. The highest BCUT2D eigenvalue weighted by Crippen LogP contribution is 2.29. The van der Waals surface area contributed by atoms with Crippen LogP contribution in [0.25, 0.3) is 0 Å². The molecule has 2 amide bonds. The van der Waals surface area contributed by atoms with Gasteiger partial charge in [0.05, 0.1) is 21.2 Å². The number of nitrogens with zero attached hydrogens (tertiary/aromatic N) is 2. The zero-order chi connectivity index (χ0) is 22.6. The van der Waals surface area contributed by atoms with Gasteiger partial charge in [-0.3, -0.25) is 0 Å². The fourth-order valence-electron chi connectivity index (χ4n) is 3.42. The molecule has 2 aromatic rings. The molecule has 0 bridgehead atoms. The zero-order valence-corrected chi connectivity index (χ0v) is 18.4. The predicted octanol–water partition coefficient (Wildman–Crippen LogP) is 2.65. The molecular formula is C20H23ClN4O5S. The standard InChI is InChI=1S/C20H23ClN4O5S/c1-2-17-15(19(26)27)12-16(21)18(23-17)25-10-8-13(9-11-25)22-20(28)24-31(29,30)14-6-4-3-5-7-14/h3-7,12-13H,2,8-11H2,1H3,(H,26,27)(H2,22,24,28). The number of amides is 2. The number of nitrogens with one attached hydrogen (secondary N) is 2. The molecular weight excluding hydrogens is 444 g/mol. The van der Waals surface area contributed by atoms with Crippen LogP contribution in [0.1, 0.15) is 35.8 Å². The van der Waals surface area contributed by atoms with E-state index >= 15 is 0 Å². The lowest BCUT2D eigenvalue weighted by Gasteiger charge is -2.33. The number of piperidine rings is 1. The number of aryl methyl sites for hydroxylation is 1. The first-order valence-corrected chi connectivity index (χ1v) is 11.6. The van der Waals surface area contributed by atoms with Crippen LogP contribution in [-0.4, -0.2) is 49.6 Å². The van der Waals surface area contributed by atoms with Crippen molar-refractivity contribution in [2.75, 3.05) is 18.0 Å². The first kappa shape index (κ1) is 22.8. The van der Waals surface area contributed by atoms with Crippen molar-refractivity contribution < 1.29 is 23.1 Å². The van der Waals surface area contributed by atoms with E-state index in [1.807, 2.05) is 16.5 Å². The van der Waals surface area contributed by atoms with Crippen molar-refractivity contribution in [2.45, 2.75) is 37.1 Å². The summed E-state index contributed by atoms with van der Waals surface area (Å²) in [5.41, 5.74) is 0.543. The molecule has 0 atom stereocenters. The Hall–Kier alpha value is -2.85. The number of hydrogen-bond acceptors (Lipinski definition) is 6. The number of aromatic nitrogens is 1.